The van der Waals surface area contributed by atoms with Crippen molar-refractivity contribution in [2.75, 3.05) is 37.8 Å². The van der Waals surface area contributed by atoms with Gasteiger partial charge in [-0.15, -0.1) is 0 Å². The highest BCUT2D eigenvalue weighted by Gasteiger charge is 2.50. The van der Waals surface area contributed by atoms with E-state index in [1.54, 1.807) is 0 Å². The van der Waals surface area contributed by atoms with Gasteiger partial charge in [0.15, 0.2) is 22.8 Å². The molecular formula is C37H64N7O18P3S. The number of ether oxygens (including phenoxy) is 1. The van der Waals surface area contributed by atoms with E-state index in [4.69, 9.17) is 19.5 Å². The summed E-state index contributed by atoms with van der Waals surface area (Å²) in [6, 6.07) is 0. The maximum Gasteiger partial charge on any atom is 0.481 e. The number of anilines is 1. The number of phosphoric acid groups is 3. The van der Waals surface area contributed by atoms with Crippen LogP contribution < -0.4 is 16.4 Å². The van der Waals surface area contributed by atoms with Crippen molar-refractivity contribution < 1.29 is 85.6 Å². The highest BCUT2D eigenvalue weighted by molar-refractivity contribution is 8.13. The van der Waals surface area contributed by atoms with E-state index in [0.29, 0.717) is 6.42 Å². The van der Waals surface area contributed by atoms with Gasteiger partial charge in [0.2, 0.25) is 11.8 Å². The molecule has 2 aromatic heterocycles. The molecule has 0 spiro atoms. The lowest BCUT2D eigenvalue weighted by atomic mass is 9.87. The van der Waals surface area contributed by atoms with Crippen LogP contribution in [0.1, 0.15) is 104 Å². The third-order valence-corrected chi connectivity index (χ3v) is 14.0. The Morgan fingerprint density at radius 2 is 1.62 bits per heavy atom. The minimum absolute atomic E-state index is 0.0121. The van der Waals surface area contributed by atoms with Crippen LogP contribution in [0.4, 0.5) is 5.82 Å². The minimum atomic E-state index is -5.59. The molecule has 0 aliphatic carbocycles. The van der Waals surface area contributed by atoms with E-state index >= 15 is 0 Å². The molecule has 1 aliphatic heterocycles. The number of carbonyl (C=O) groups is 3. The molecule has 1 aliphatic rings. The van der Waals surface area contributed by atoms with Crippen molar-refractivity contribution in [2.24, 2.45) is 5.41 Å². The molecule has 0 radical (unpaired) electrons. The first-order valence-corrected chi connectivity index (χ1v) is 26.8. The van der Waals surface area contributed by atoms with Crippen LogP contribution in [0.5, 0.6) is 0 Å². The van der Waals surface area contributed by atoms with Crippen LogP contribution >= 0.6 is 35.2 Å². The molecule has 376 valence electrons. The van der Waals surface area contributed by atoms with Crippen molar-refractivity contribution in [3.8, 4) is 0 Å². The molecule has 0 aromatic carbocycles. The summed E-state index contributed by atoms with van der Waals surface area (Å²) in [5, 5.41) is 36.5. The van der Waals surface area contributed by atoms with Crippen molar-refractivity contribution in [1.29, 1.82) is 0 Å². The number of amides is 2. The van der Waals surface area contributed by atoms with Crippen LogP contribution in [0.2, 0.25) is 0 Å². The fourth-order valence-corrected chi connectivity index (χ4v) is 9.96. The van der Waals surface area contributed by atoms with E-state index in [-0.39, 0.29) is 53.8 Å². The van der Waals surface area contributed by atoms with Gasteiger partial charge in [-0.25, -0.2) is 28.6 Å². The number of carbonyl (C=O) groups excluding carboxylic acids is 3. The molecule has 0 bridgehead atoms. The number of rotatable bonds is 32. The Morgan fingerprint density at radius 1 is 0.955 bits per heavy atom. The molecule has 8 unspecified atom stereocenters. The molecule has 1 saturated heterocycles. The standard InChI is InChI=1S/C37H64N7O18P3S/c1-4-5-6-7-8-9-10-11-12-13-14-15-25(45)20-28(47)66-19-18-39-27(46)16-17-40-35(50)32(49)37(2,3)22-59-65(56,57)62-64(54,55)58-21-26-31(61-63(51,52)53)30(48)36(60-26)44-24-43-29-33(38)41-23-42-34(29)44/h9-10,23-26,30-32,36,45,48-49H,4-8,11-22H2,1-3H3,(H,39,46)(H,40,50)(H,54,55)(H,56,57)(H2,38,41,42)(H2,51,52,53). The van der Waals surface area contributed by atoms with E-state index in [1.165, 1.54) is 39.5 Å². The first-order chi connectivity index (χ1) is 30.9. The highest BCUT2D eigenvalue weighted by atomic mass is 32.2. The van der Waals surface area contributed by atoms with Gasteiger partial charge in [0.05, 0.1) is 25.6 Å². The Morgan fingerprint density at radius 3 is 2.29 bits per heavy atom. The fourth-order valence-electron chi connectivity index (χ4n) is 6.39. The minimum Gasteiger partial charge on any atom is -0.393 e. The number of hydrogen-bond donors (Lipinski definition) is 10. The quantitative estimate of drug-likeness (QED) is 0.0286. The summed E-state index contributed by atoms with van der Waals surface area (Å²) >= 11 is 0.989. The van der Waals surface area contributed by atoms with Crippen LogP contribution in [0.3, 0.4) is 0 Å². The van der Waals surface area contributed by atoms with Gasteiger partial charge in [-0.2, -0.15) is 4.31 Å². The number of aliphatic hydroxyl groups is 3. The lowest BCUT2D eigenvalue weighted by Crippen LogP contribution is -2.46. The molecule has 8 atom stereocenters. The summed E-state index contributed by atoms with van der Waals surface area (Å²) in [5.74, 6) is -1.23. The van der Waals surface area contributed by atoms with Crippen molar-refractivity contribution in [3.63, 3.8) is 0 Å². The molecule has 25 nitrogen and oxygen atoms in total. The Labute approximate surface area is 386 Å². The number of nitrogens with zero attached hydrogens (tertiary/aromatic N) is 4. The van der Waals surface area contributed by atoms with E-state index in [2.05, 4.69) is 53.5 Å². The summed E-state index contributed by atoms with van der Waals surface area (Å²) in [5.41, 5.74) is 4.25. The second-order valence-electron chi connectivity index (χ2n) is 16.1. The first kappa shape index (κ1) is 57.6. The smallest absolute Gasteiger partial charge is 0.393 e. The number of thioether (sulfide) groups is 1. The first-order valence-electron chi connectivity index (χ1n) is 21.3. The third kappa shape index (κ3) is 20.5. The number of nitrogen functional groups attached to an aromatic ring is 1. The summed E-state index contributed by atoms with van der Waals surface area (Å²) in [4.78, 5) is 88.3. The molecule has 0 saturated carbocycles. The predicted molar refractivity (Wildman–Crippen MR) is 239 cm³/mol. The van der Waals surface area contributed by atoms with E-state index in [9.17, 15) is 63.0 Å². The average Bonchev–Trinajstić information content (AvgIpc) is 3.79. The Balaban J connectivity index is 1.34. The van der Waals surface area contributed by atoms with Crippen LogP contribution in [-0.2, 0) is 50.7 Å². The molecule has 2 amide bonds. The van der Waals surface area contributed by atoms with E-state index in [1.807, 2.05) is 0 Å². The van der Waals surface area contributed by atoms with Gasteiger partial charge in [-0.1, -0.05) is 76.8 Å². The Kier molecular flexibility index (Phi) is 23.9. The van der Waals surface area contributed by atoms with Crippen molar-refractivity contribution >= 4 is 69.1 Å². The number of unbranched alkanes of at least 4 members (excludes halogenated alkanes) is 7. The Hall–Kier alpha value is -2.74. The maximum atomic E-state index is 12.7. The monoisotopic (exact) mass is 1020 g/mol. The predicted octanol–water partition coefficient (Wildman–Crippen LogP) is 2.89. The average molecular weight is 1020 g/mol. The van der Waals surface area contributed by atoms with E-state index < -0.39 is 90.7 Å². The second-order valence-corrected chi connectivity index (χ2v) is 21.5. The zero-order valence-electron chi connectivity index (χ0n) is 37.0. The van der Waals surface area contributed by atoms with Gasteiger partial charge >= 0.3 is 23.5 Å². The number of allylic oxidation sites excluding steroid dienone is 2. The molecule has 3 heterocycles. The largest absolute Gasteiger partial charge is 0.481 e. The van der Waals surface area contributed by atoms with Crippen LogP contribution in [0.15, 0.2) is 24.8 Å². The van der Waals surface area contributed by atoms with Crippen LogP contribution in [0.25, 0.3) is 11.2 Å². The van der Waals surface area contributed by atoms with E-state index in [0.717, 1.165) is 61.1 Å². The van der Waals surface area contributed by atoms with Crippen LogP contribution in [-0.4, -0.2) is 134 Å². The number of phosphoric ester groups is 3. The Bertz CT molecular complexity index is 2040. The lowest BCUT2D eigenvalue weighted by Gasteiger charge is -2.30. The van der Waals surface area contributed by atoms with Gasteiger partial charge in [0, 0.05) is 37.1 Å². The van der Waals surface area contributed by atoms with Crippen molar-refractivity contribution in [2.45, 2.75) is 135 Å². The van der Waals surface area contributed by atoms with Crippen LogP contribution in [0, 0.1) is 5.41 Å². The number of hydrogen-bond acceptors (Lipinski definition) is 19. The summed E-state index contributed by atoms with van der Waals surface area (Å²) < 4.78 is 62.4. The number of aliphatic hydroxyl groups excluding tert-OH is 3. The lowest BCUT2D eigenvalue weighted by molar-refractivity contribution is -0.137. The number of nitrogens with one attached hydrogen (secondary N) is 2. The fraction of sp³-hybridized carbons (Fsp3) is 0.730. The highest BCUT2D eigenvalue weighted by Crippen LogP contribution is 2.61. The third-order valence-electron chi connectivity index (χ3n) is 9.97. The molecule has 66 heavy (non-hydrogen) atoms. The van der Waals surface area contributed by atoms with Crippen molar-refractivity contribution in [1.82, 2.24) is 30.2 Å². The SMILES string of the molecule is CCCCCCC=CCCCCCC(O)CC(=O)SCCNC(=O)CCNC(=O)C(O)C(C)(C)COP(=O)(O)OP(=O)(O)OCC1OC(n2cnc3c(N)ncnc32)C(O)C1OP(=O)(O)O. The maximum absolute atomic E-state index is 12.7. The van der Waals surface area contributed by atoms with Gasteiger partial charge < -0.3 is 56.0 Å². The normalized spacial score (nSPS) is 20.8. The number of aromatic nitrogens is 4. The molecule has 2 aromatic rings. The van der Waals surface area contributed by atoms with Gasteiger partial charge in [-0.05, 0) is 32.1 Å². The summed E-state index contributed by atoms with van der Waals surface area (Å²) in [7, 11) is -16.4. The molecule has 3 rings (SSSR count). The summed E-state index contributed by atoms with van der Waals surface area (Å²) in [6.45, 7) is 2.58. The number of nitrogens with two attached hydrogens (primary N) is 1. The van der Waals surface area contributed by atoms with Gasteiger partial charge in [0.1, 0.15) is 36.3 Å². The summed E-state index contributed by atoms with van der Waals surface area (Å²) in [6.07, 6.45) is 7.18. The van der Waals surface area contributed by atoms with Gasteiger partial charge in [0.25, 0.3) is 0 Å². The number of imidazole rings is 1. The van der Waals surface area contributed by atoms with Gasteiger partial charge in [-0.3, -0.25) is 32.5 Å². The zero-order valence-corrected chi connectivity index (χ0v) is 40.5. The molecule has 1 fully saturated rings. The molecule has 11 N–H and O–H groups in total. The topological polar surface area (TPSA) is 384 Å². The molecule has 29 heteroatoms. The van der Waals surface area contributed by atoms with Crippen molar-refractivity contribution in [3.05, 3.63) is 24.8 Å². The second kappa shape index (κ2) is 27.4. The number of fused-ring (bicyclic) bond motifs is 1. The molecular weight excluding hydrogens is 955 g/mol. The zero-order chi connectivity index (χ0) is 49.1.